The third-order valence-corrected chi connectivity index (χ3v) is 7.32. The molecule has 0 radical (unpaired) electrons. The average molecular weight is 594 g/mol. The van der Waals surface area contributed by atoms with Crippen LogP contribution in [0, 0.1) is 18.6 Å². The van der Waals surface area contributed by atoms with E-state index in [9.17, 15) is 4.79 Å². The SMILES string of the molecule is C=C(NC(C)C)c1ccc(C)c(-c2nc(N3CCC(N(C)C)C3)nc(N(C=O)c3c(F)cccc3F)c2CNC)c1.CC. The quantitative estimate of drug-likeness (QED) is 0.269. The van der Waals surface area contributed by atoms with Crippen LogP contribution in [0.3, 0.4) is 0 Å². The number of hydrogen-bond donors (Lipinski definition) is 2. The van der Waals surface area contributed by atoms with E-state index in [1.807, 2.05) is 66.9 Å². The predicted molar refractivity (Wildman–Crippen MR) is 172 cm³/mol. The van der Waals surface area contributed by atoms with Crippen LogP contribution < -0.4 is 20.4 Å². The van der Waals surface area contributed by atoms with E-state index in [1.54, 1.807) is 7.05 Å². The van der Waals surface area contributed by atoms with Crippen molar-refractivity contribution in [2.24, 2.45) is 0 Å². The Balaban J connectivity index is 0.00000248. The van der Waals surface area contributed by atoms with Gasteiger partial charge in [-0.2, -0.15) is 4.98 Å². The Labute approximate surface area is 254 Å². The van der Waals surface area contributed by atoms with E-state index in [4.69, 9.17) is 9.97 Å². The van der Waals surface area contributed by atoms with Gasteiger partial charge in [-0.15, -0.1) is 0 Å². The number of rotatable bonds is 11. The van der Waals surface area contributed by atoms with Crippen LogP contribution in [0.1, 0.15) is 50.8 Å². The summed E-state index contributed by atoms with van der Waals surface area (Å²) < 4.78 is 30.1. The van der Waals surface area contributed by atoms with Gasteiger partial charge in [0.2, 0.25) is 12.4 Å². The van der Waals surface area contributed by atoms with Crippen LogP contribution in [0.5, 0.6) is 0 Å². The Morgan fingerprint density at radius 3 is 2.40 bits per heavy atom. The zero-order chi connectivity index (χ0) is 31.8. The third-order valence-electron chi connectivity index (χ3n) is 7.32. The predicted octanol–water partition coefficient (Wildman–Crippen LogP) is 5.88. The number of carbonyl (C=O) groups is 1. The van der Waals surface area contributed by atoms with Crippen LogP contribution in [-0.2, 0) is 11.3 Å². The van der Waals surface area contributed by atoms with Crippen LogP contribution in [0.25, 0.3) is 17.0 Å². The number of likely N-dealkylation sites (N-methyl/N-ethyl adjacent to an activating group) is 1. The fraction of sp³-hybridized carbons (Fsp3) is 0.424. The minimum absolute atomic E-state index is 0.121. The molecule has 0 saturated carbocycles. The number of aromatic nitrogens is 2. The molecule has 1 unspecified atom stereocenters. The highest BCUT2D eigenvalue weighted by atomic mass is 19.1. The fourth-order valence-corrected chi connectivity index (χ4v) is 5.13. The number of amides is 1. The molecular weight excluding hydrogens is 548 g/mol. The van der Waals surface area contributed by atoms with Gasteiger partial charge in [-0.05, 0) is 77.7 Å². The van der Waals surface area contributed by atoms with E-state index in [0.717, 1.165) is 45.8 Å². The second kappa shape index (κ2) is 15.0. The van der Waals surface area contributed by atoms with Crippen LogP contribution in [0.2, 0.25) is 0 Å². The van der Waals surface area contributed by atoms with Crippen LogP contribution in [0.15, 0.2) is 43.0 Å². The van der Waals surface area contributed by atoms with Crippen molar-refractivity contribution in [2.75, 3.05) is 44.0 Å². The summed E-state index contributed by atoms with van der Waals surface area (Å²) in [7, 11) is 5.82. The molecule has 1 fully saturated rings. The molecule has 43 heavy (non-hydrogen) atoms. The summed E-state index contributed by atoms with van der Waals surface area (Å²) in [6, 6.07) is 9.99. The first kappa shape index (κ1) is 33.6. The molecule has 10 heteroatoms. The maximum absolute atomic E-state index is 15.0. The summed E-state index contributed by atoms with van der Waals surface area (Å²) in [5.74, 6) is -1.21. The molecule has 0 spiro atoms. The topological polar surface area (TPSA) is 76.6 Å². The lowest BCUT2D eigenvalue weighted by Gasteiger charge is -2.26. The molecule has 2 N–H and O–H groups in total. The summed E-state index contributed by atoms with van der Waals surface area (Å²) in [6.45, 7) is 15.9. The van der Waals surface area contributed by atoms with Crippen molar-refractivity contribution >= 4 is 29.6 Å². The molecule has 3 aromatic rings. The Kier molecular flexibility index (Phi) is 11.7. The second-order valence-corrected chi connectivity index (χ2v) is 10.9. The van der Waals surface area contributed by atoms with Crippen molar-refractivity contribution in [3.05, 3.63) is 71.3 Å². The fourth-order valence-electron chi connectivity index (χ4n) is 5.13. The Bertz CT molecular complexity index is 1410. The van der Waals surface area contributed by atoms with E-state index in [0.29, 0.717) is 42.7 Å². The van der Waals surface area contributed by atoms with Gasteiger partial charge in [0.1, 0.15) is 17.3 Å². The van der Waals surface area contributed by atoms with Gasteiger partial charge in [-0.25, -0.2) is 13.8 Å². The van der Waals surface area contributed by atoms with Crippen molar-refractivity contribution in [1.29, 1.82) is 0 Å². The molecule has 1 aromatic heterocycles. The molecule has 1 atom stereocenters. The number of nitrogens with zero attached hydrogens (tertiary/aromatic N) is 5. The Morgan fingerprint density at radius 2 is 1.84 bits per heavy atom. The highest BCUT2D eigenvalue weighted by Gasteiger charge is 2.30. The number of halogens is 2. The molecule has 1 aliphatic heterocycles. The normalized spacial score (nSPS) is 14.5. The molecule has 232 valence electrons. The molecule has 2 aromatic carbocycles. The lowest BCUT2D eigenvalue weighted by atomic mass is 9.97. The molecule has 0 bridgehead atoms. The van der Waals surface area contributed by atoms with Gasteiger partial charge >= 0.3 is 0 Å². The van der Waals surface area contributed by atoms with E-state index in [2.05, 4.69) is 27.0 Å². The first-order chi connectivity index (χ1) is 20.5. The Hall–Kier alpha value is -3.89. The lowest BCUT2D eigenvalue weighted by Crippen LogP contribution is -2.32. The number of anilines is 3. The van der Waals surface area contributed by atoms with Gasteiger partial charge in [0.05, 0.1) is 5.69 Å². The standard InChI is InChI=1S/C31H39F2N7O.C2H6/c1-19(2)35-21(4)22-12-11-20(3)24(15-22)28-25(16-34-5)30(40(18-41)29-26(32)9-8-10-27(29)33)37-31(36-28)39-14-13-23(17-39)38(6)7;1-2/h8-12,15,18-19,23,34-35H,4,13-14,16-17H2,1-3,5-7H3;1-2H3. The highest BCUT2D eigenvalue weighted by Crippen LogP contribution is 2.38. The molecule has 0 aliphatic carbocycles. The summed E-state index contributed by atoms with van der Waals surface area (Å²) in [5.41, 5.74) is 4.04. The summed E-state index contributed by atoms with van der Waals surface area (Å²) in [5, 5.41) is 6.48. The third kappa shape index (κ3) is 7.55. The number of aryl methyl sites for hydroxylation is 1. The van der Waals surface area contributed by atoms with Crippen molar-refractivity contribution in [3.63, 3.8) is 0 Å². The number of nitrogens with one attached hydrogen (secondary N) is 2. The van der Waals surface area contributed by atoms with Crippen molar-refractivity contribution in [3.8, 4) is 11.3 Å². The minimum Gasteiger partial charge on any atom is -0.383 e. The van der Waals surface area contributed by atoms with Gasteiger partial charge < -0.3 is 20.4 Å². The zero-order valence-corrected chi connectivity index (χ0v) is 26.6. The summed E-state index contributed by atoms with van der Waals surface area (Å²) in [4.78, 5) is 27.6. The Morgan fingerprint density at radius 1 is 1.16 bits per heavy atom. The maximum atomic E-state index is 15.0. The molecule has 8 nitrogen and oxygen atoms in total. The second-order valence-electron chi connectivity index (χ2n) is 10.9. The maximum Gasteiger partial charge on any atom is 0.227 e. The van der Waals surface area contributed by atoms with Gasteiger partial charge in [-0.3, -0.25) is 9.69 Å². The molecular formula is C33H45F2N7O. The molecule has 2 heterocycles. The average Bonchev–Trinajstić information content (AvgIpc) is 3.47. The van der Waals surface area contributed by atoms with Crippen molar-refractivity contribution in [2.45, 2.75) is 59.7 Å². The molecule has 1 amide bonds. The van der Waals surface area contributed by atoms with Crippen LogP contribution >= 0.6 is 0 Å². The van der Waals surface area contributed by atoms with Crippen molar-refractivity contribution < 1.29 is 13.6 Å². The van der Waals surface area contributed by atoms with Crippen molar-refractivity contribution in [1.82, 2.24) is 25.5 Å². The summed E-state index contributed by atoms with van der Waals surface area (Å²) >= 11 is 0. The monoisotopic (exact) mass is 593 g/mol. The van der Waals surface area contributed by atoms with E-state index < -0.39 is 17.3 Å². The van der Waals surface area contributed by atoms with Gasteiger partial charge in [-0.1, -0.05) is 38.6 Å². The first-order valence-corrected chi connectivity index (χ1v) is 14.8. The lowest BCUT2D eigenvalue weighted by molar-refractivity contribution is -0.106. The zero-order valence-electron chi connectivity index (χ0n) is 26.6. The van der Waals surface area contributed by atoms with Gasteiger partial charge in [0.25, 0.3) is 0 Å². The first-order valence-electron chi connectivity index (χ1n) is 14.8. The van der Waals surface area contributed by atoms with E-state index >= 15 is 8.78 Å². The van der Waals surface area contributed by atoms with E-state index in [-0.39, 0.29) is 18.4 Å². The molecule has 1 saturated heterocycles. The number of carbonyl (C=O) groups excluding carboxylic acids is 1. The van der Waals surface area contributed by atoms with Crippen LogP contribution in [0.4, 0.5) is 26.2 Å². The minimum atomic E-state index is -0.864. The number of hydrogen-bond acceptors (Lipinski definition) is 7. The highest BCUT2D eigenvalue weighted by molar-refractivity contribution is 5.89. The summed E-state index contributed by atoms with van der Waals surface area (Å²) in [6.07, 6.45) is 1.31. The van der Waals surface area contributed by atoms with Gasteiger partial charge in [0.15, 0.2) is 5.82 Å². The largest absolute Gasteiger partial charge is 0.383 e. The number of benzene rings is 2. The molecule has 4 rings (SSSR count). The molecule has 1 aliphatic rings. The number of para-hydroxylation sites is 1. The van der Waals surface area contributed by atoms with Gasteiger partial charge in [0, 0.05) is 48.5 Å². The van der Waals surface area contributed by atoms with Crippen LogP contribution in [-0.4, -0.2) is 67.6 Å². The van der Waals surface area contributed by atoms with E-state index in [1.165, 1.54) is 6.07 Å². The smallest absolute Gasteiger partial charge is 0.227 e.